The molecule has 0 bridgehead atoms. The molecule has 0 heterocycles. The zero-order chi connectivity index (χ0) is 13.5. The zero-order valence-corrected chi connectivity index (χ0v) is 11.1. The van der Waals surface area contributed by atoms with Gasteiger partial charge in [0.25, 0.3) is 0 Å². The van der Waals surface area contributed by atoms with Crippen molar-refractivity contribution < 1.29 is 14.3 Å². The monoisotopic (exact) mass is 249 g/mol. The maximum absolute atomic E-state index is 11.6. The highest BCUT2D eigenvalue weighted by Gasteiger charge is 2.18. The molecule has 0 radical (unpaired) electrons. The van der Waals surface area contributed by atoms with Crippen LogP contribution < -0.4 is 0 Å². The van der Waals surface area contributed by atoms with Gasteiger partial charge in [0.2, 0.25) is 5.78 Å². The van der Waals surface area contributed by atoms with Gasteiger partial charge in [-0.15, -0.1) is 0 Å². The second-order valence-corrected chi connectivity index (χ2v) is 4.38. The van der Waals surface area contributed by atoms with Crippen LogP contribution in [0.25, 0.3) is 0 Å². The summed E-state index contributed by atoms with van der Waals surface area (Å²) < 4.78 is 5.00. The van der Waals surface area contributed by atoms with E-state index in [9.17, 15) is 9.59 Å². The van der Waals surface area contributed by atoms with Crippen LogP contribution >= 0.6 is 0 Å². The lowest BCUT2D eigenvalue weighted by atomic mass is 10.1. The molecule has 0 amide bonds. The summed E-state index contributed by atoms with van der Waals surface area (Å²) in [7, 11) is 3.57. The summed E-state index contributed by atoms with van der Waals surface area (Å²) in [6, 6.07) is 9.60. The lowest BCUT2D eigenvalue weighted by molar-refractivity contribution is -0.162. The fourth-order valence-corrected chi connectivity index (χ4v) is 1.33. The number of aryl methyl sites for hydroxylation is 1. The molecular formula is C14H19NO3. The van der Waals surface area contributed by atoms with Gasteiger partial charge in [-0.3, -0.25) is 9.69 Å². The Balaban J connectivity index is 2.39. The van der Waals surface area contributed by atoms with Gasteiger partial charge in [0.15, 0.2) is 6.23 Å². The highest BCUT2D eigenvalue weighted by molar-refractivity contribution is 6.33. The SMILES string of the molecule is CC(OC(=O)C(=O)CCc1ccccc1)N(C)C. The first kappa shape index (κ1) is 14.4. The molecule has 1 atom stereocenters. The van der Waals surface area contributed by atoms with E-state index in [-0.39, 0.29) is 6.42 Å². The summed E-state index contributed by atoms with van der Waals surface area (Å²) >= 11 is 0. The summed E-state index contributed by atoms with van der Waals surface area (Å²) in [5.74, 6) is -1.24. The first-order valence-corrected chi connectivity index (χ1v) is 5.95. The van der Waals surface area contributed by atoms with E-state index in [0.29, 0.717) is 6.42 Å². The maximum atomic E-state index is 11.6. The number of benzene rings is 1. The first-order chi connectivity index (χ1) is 8.50. The number of hydrogen-bond donors (Lipinski definition) is 0. The summed E-state index contributed by atoms with van der Waals surface area (Å²) in [5, 5.41) is 0. The number of nitrogens with zero attached hydrogens (tertiary/aromatic N) is 1. The summed E-state index contributed by atoms with van der Waals surface area (Å²) in [4.78, 5) is 24.8. The van der Waals surface area contributed by atoms with Crippen molar-refractivity contribution in [2.75, 3.05) is 14.1 Å². The van der Waals surface area contributed by atoms with Crippen molar-refractivity contribution in [3.05, 3.63) is 35.9 Å². The van der Waals surface area contributed by atoms with Crippen LogP contribution in [-0.4, -0.2) is 37.0 Å². The highest BCUT2D eigenvalue weighted by Crippen LogP contribution is 2.04. The van der Waals surface area contributed by atoms with Crippen molar-refractivity contribution in [1.82, 2.24) is 4.90 Å². The van der Waals surface area contributed by atoms with Crippen molar-refractivity contribution in [3.8, 4) is 0 Å². The molecule has 1 aromatic carbocycles. The van der Waals surface area contributed by atoms with Crippen molar-refractivity contribution >= 4 is 11.8 Å². The molecule has 0 saturated heterocycles. The molecule has 4 nitrogen and oxygen atoms in total. The standard InChI is InChI=1S/C14H19NO3/c1-11(15(2)3)18-14(17)13(16)10-9-12-7-5-4-6-8-12/h4-8,11H,9-10H2,1-3H3. The number of esters is 1. The molecule has 0 aliphatic rings. The van der Waals surface area contributed by atoms with E-state index in [0.717, 1.165) is 5.56 Å². The van der Waals surface area contributed by atoms with Gasteiger partial charge in [-0.05, 0) is 33.0 Å². The normalized spacial score (nSPS) is 12.2. The molecular weight excluding hydrogens is 230 g/mol. The number of carbonyl (C=O) groups excluding carboxylic acids is 2. The van der Waals surface area contributed by atoms with Crippen molar-refractivity contribution in [1.29, 1.82) is 0 Å². The topological polar surface area (TPSA) is 46.6 Å². The van der Waals surface area contributed by atoms with Crippen LogP contribution in [0.4, 0.5) is 0 Å². The number of ketones is 1. The van der Waals surface area contributed by atoms with Crippen molar-refractivity contribution in [2.24, 2.45) is 0 Å². The molecule has 0 saturated carbocycles. The number of hydrogen-bond acceptors (Lipinski definition) is 4. The van der Waals surface area contributed by atoms with Crippen LogP contribution in [0.2, 0.25) is 0 Å². The van der Waals surface area contributed by atoms with Gasteiger partial charge in [-0.25, -0.2) is 4.79 Å². The third-order valence-electron chi connectivity index (χ3n) is 2.72. The third kappa shape index (κ3) is 4.67. The Morgan fingerprint density at radius 1 is 1.22 bits per heavy atom. The number of rotatable bonds is 6. The van der Waals surface area contributed by atoms with E-state index >= 15 is 0 Å². The minimum absolute atomic E-state index is 0.184. The molecule has 1 aromatic rings. The third-order valence-corrected chi connectivity index (χ3v) is 2.72. The van der Waals surface area contributed by atoms with E-state index in [4.69, 9.17) is 4.74 Å². The first-order valence-electron chi connectivity index (χ1n) is 5.95. The van der Waals surface area contributed by atoms with Crippen molar-refractivity contribution in [2.45, 2.75) is 26.0 Å². The molecule has 0 aliphatic heterocycles. The molecule has 98 valence electrons. The summed E-state index contributed by atoms with van der Waals surface area (Å²) in [6.45, 7) is 1.72. The molecule has 18 heavy (non-hydrogen) atoms. The number of ether oxygens (including phenoxy) is 1. The second-order valence-electron chi connectivity index (χ2n) is 4.38. The minimum Gasteiger partial charge on any atom is -0.441 e. The van der Waals surface area contributed by atoms with Crippen LogP contribution in [-0.2, 0) is 20.7 Å². The minimum atomic E-state index is -0.757. The molecule has 0 fully saturated rings. The van der Waals surface area contributed by atoms with Gasteiger partial charge in [0.05, 0.1) is 0 Å². The Labute approximate surface area is 108 Å². The van der Waals surface area contributed by atoms with Crippen LogP contribution in [0, 0.1) is 0 Å². The Bertz CT molecular complexity index is 401. The average molecular weight is 249 g/mol. The highest BCUT2D eigenvalue weighted by atomic mass is 16.6. The van der Waals surface area contributed by atoms with Crippen LogP contribution in [0.3, 0.4) is 0 Å². The lowest BCUT2D eigenvalue weighted by Gasteiger charge is -2.19. The summed E-state index contributed by atoms with van der Waals surface area (Å²) in [6.07, 6.45) is 0.354. The van der Waals surface area contributed by atoms with Gasteiger partial charge >= 0.3 is 5.97 Å². The Hall–Kier alpha value is -1.68. The predicted octanol–water partition coefficient (Wildman–Crippen LogP) is 1.64. The fourth-order valence-electron chi connectivity index (χ4n) is 1.33. The van der Waals surface area contributed by atoms with Crippen LogP contribution in [0.5, 0.6) is 0 Å². The average Bonchev–Trinajstić information content (AvgIpc) is 2.36. The van der Waals surface area contributed by atoms with Gasteiger partial charge < -0.3 is 4.74 Å². The van der Waals surface area contributed by atoms with Crippen LogP contribution in [0.15, 0.2) is 30.3 Å². The van der Waals surface area contributed by atoms with Gasteiger partial charge in [0, 0.05) is 6.42 Å². The van der Waals surface area contributed by atoms with E-state index in [2.05, 4.69) is 0 Å². The second kappa shape index (κ2) is 6.91. The van der Waals surface area contributed by atoms with E-state index in [1.54, 1.807) is 25.9 Å². The molecule has 0 spiro atoms. The van der Waals surface area contributed by atoms with Gasteiger partial charge in [-0.1, -0.05) is 30.3 Å². The zero-order valence-electron chi connectivity index (χ0n) is 11.1. The van der Waals surface area contributed by atoms with E-state index < -0.39 is 18.0 Å². The Morgan fingerprint density at radius 2 is 1.83 bits per heavy atom. The molecule has 0 aromatic heterocycles. The molecule has 4 heteroatoms. The Morgan fingerprint density at radius 3 is 2.39 bits per heavy atom. The lowest BCUT2D eigenvalue weighted by Crippen LogP contribution is -2.32. The summed E-state index contributed by atoms with van der Waals surface area (Å²) in [5.41, 5.74) is 1.04. The molecule has 1 unspecified atom stereocenters. The van der Waals surface area contributed by atoms with E-state index in [1.165, 1.54) is 0 Å². The Kier molecular flexibility index (Phi) is 5.52. The van der Waals surface area contributed by atoms with E-state index in [1.807, 2.05) is 30.3 Å². The molecule has 0 N–H and O–H groups in total. The fraction of sp³-hybridized carbons (Fsp3) is 0.429. The van der Waals surface area contributed by atoms with Gasteiger partial charge in [0.1, 0.15) is 0 Å². The smallest absolute Gasteiger partial charge is 0.376 e. The van der Waals surface area contributed by atoms with Crippen molar-refractivity contribution in [3.63, 3.8) is 0 Å². The molecule has 1 rings (SSSR count). The largest absolute Gasteiger partial charge is 0.441 e. The number of Topliss-reactive ketones (excluding diaryl/α,β-unsaturated/α-hetero) is 1. The maximum Gasteiger partial charge on any atom is 0.376 e. The predicted molar refractivity (Wildman–Crippen MR) is 69.0 cm³/mol. The number of carbonyl (C=O) groups is 2. The quantitative estimate of drug-likeness (QED) is 0.437. The van der Waals surface area contributed by atoms with Gasteiger partial charge in [-0.2, -0.15) is 0 Å². The van der Waals surface area contributed by atoms with Crippen LogP contribution in [0.1, 0.15) is 18.9 Å². The molecule has 0 aliphatic carbocycles.